The highest BCUT2D eigenvalue weighted by Crippen LogP contribution is 2.39. The van der Waals surface area contributed by atoms with E-state index in [1.54, 1.807) is 6.92 Å². The Labute approximate surface area is 109 Å². The largest absolute Gasteiger partial charge is 0.294 e. The summed E-state index contributed by atoms with van der Waals surface area (Å²) < 4.78 is 0. The summed E-state index contributed by atoms with van der Waals surface area (Å²) in [7, 11) is 0. The maximum Gasteiger partial charge on any atom is 0.258 e. The minimum atomic E-state index is -1.24. The topological polar surface area (TPSA) is 83.6 Å². The van der Waals surface area contributed by atoms with Crippen LogP contribution in [-0.4, -0.2) is 34.1 Å². The van der Waals surface area contributed by atoms with Crippen molar-refractivity contribution in [2.75, 3.05) is 0 Å². The highest BCUT2D eigenvalue weighted by atomic mass is 16.2. The average Bonchev–Trinajstić information content (AvgIpc) is 2.91. The van der Waals surface area contributed by atoms with Gasteiger partial charge in [-0.25, -0.2) is 0 Å². The number of nitrogens with one attached hydrogen (secondary N) is 1. The Morgan fingerprint density at radius 3 is 2.11 bits per heavy atom. The molecule has 1 N–H and O–H groups in total. The fraction of sp³-hybridized carbons (Fsp3) is 0.538. The van der Waals surface area contributed by atoms with Crippen LogP contribution < -0.4 is 5.32 Å². The Hall–Kier alpha value is -1.98. The molecule has 0 radical (unpaired) electrons. The summed E-state index contributed by atoms with van der Waals surface area (Å²) in [5.74, 6) is -1.64. The van der Waals surface area contributed by atoms with Gasteiger partial charge < -0.3 is 0 Å². The molecule has 0 bridgehead atoms. The summed E-state index contributed by atoms with van der Waals surface area (Å²) in [4.78, 5) is 48.9. The molecule has 0 aromatic rings. The average molecular weight is 262 g/mol. The highest BCUT2D eigenvalue weighted by Gasteiger charge is 2.53. The summed E-state index contributed by atoms with van der Waals surface area (Å²) in [6.07, 6.45) is 2.36. The summed E-state index contributed by atoms with van der Waals surface area (Å²) in [5.41, 5.74) is -0.140. The van der Waals surface area contributed by atoms with Gasteiger partial charge in [-0.05, 0) is 32.6 Å². The first kappa shape index (κ1) is 12.1. The number of likely N-dealkylation sites (tertiary alicyclic amines) is 1. The van der Waals surface area contributed by atoms with Gasteiger partial charge in [0.1, 0.15) is 5.54 Å². The molecular weight excluding hydrogens is 248 g/mol. The third kappa shape index (κ3) is 1.49. The molecule has 2 aliphatic heterocycles. The first-order chi connectivity index (χ1) is 8.95. The molecule has 0 aromatic carbocycles. The van der Waals surface area contributed by atoms with Crippen molar-refractivity contribution < 1.29 is 19.2 Å². The van der Waals surface area contributed by atoms with Gasteiger partial charge in [0, 0.05) is 17.6 Å². The molecule has 4 amide bonds. The van der Waals surface area contributed by atoms with Gasteiger partial charge in [0.15, 0.2) is 0 Å². The molecule has 1 aliphatic carbocycles. The SMILES string of the molecule is CC1(N2C(=O)C3=C(CCC3)C2=O)CCC(=O)NC1=O. The minimum absolute atomic E-state index is 0.143. The number of piperidine rings is 1. The van der Waals surface area contributed by atoms with E-state index in [1.165, 1.54) is 0 Å². The number of amides is 4. The minimum Gasteiger partial charge on any atom is -0.294 e. The smallest absolute Gasteiger partial charge is 0.258 e. The zero-order valence-corrected chi connectivity index (χ0v) is 10.6. The van der Waals surface area contributed by atoms with Crippen LogP contribution in [0.2, 0.25) is 0 Å². The molecule has 1 unspecified atom stereocenters. The molecule has 1 fully saturated rings. The van der Waals surface area contributed by atoms with Crippen molar-refractivity contribution >= 4 is 23.6 Å². The molecular formula is C13H14N2O4. The van der Waals surface area contributed by atoms with E-state index >= 15 is 0 Å². The van der Waals surface area contributed by atoms with Gasteiger partial charge in [-0.15, -0.1) is 0 Å². The molecule has 1 saturated heterocycles. The van der Waals surface area contributed by atoms with Gasteiger partial charge in [0.2, 0.25) is 5.91 Å². The van der Waals surface area contributed by atoms with Crippen molar-refractivity contribution in [1.82, 2.24) is 10.2 Å². The third-order valence-electron chi connectivity index (χ3n) is 4.21. The number of hydrogen-bond acceptors (Lipinski definition) is 4. The van der Waals surface area contributed by atoms with Gasteiger partial charge in [-0.2, -0.15) is 0 Å². The Bertz CT molecular complexity index is 537. The number of rotatable bonds is 1. The highest BCUT2D eigenvalue weighted by molar-refractivity contribution is 6.22. The van der Waals surface area contributed by atoms with Gasteiger partial charge in [0.05, 0.1) is 0 Å². The van der Waals surface area contributed by atoms with Crippen LogP contribution in [0.5, 0.6) is 0 Å². The van der Waals surface area contributed by atoms with E-state index in [-0.39, 0.29) is 30.6 Å². The van der Waals surface area contributed by atoms with Crippen molar-refractivity contribution in [3.63, 3.8) is 0 Å². The van der Waals surface area contributed by atoms with Gasteiger partial charge in [-0.3, -0.25) is 29.4 Å². The summed E-state index contributed by atoms with van der Waals surface area (Å²) in [6.45, 7) is 1.55. The van der Waals surface area contributed by atoms with Crippen LogP contribution in [0.15, 0.2) is 11.1 Å². The van der Waals surface area contributed by atoms with E-state index in [0.29, 0.717) is 24.0 Å². The van der Waals surface area contributed by atoms with E-state index < -0.39 is 11.4 Å². The molecule has 19 heavy (non-hydrogen) atoms. The molecule has 3 rings (SSSR count). The van der Waals surface area contributed by atoms with Gasteiger partial charge in [-0.1, -0.05) is 0 Å². The zero-order valence-electron chi connectivity index (χ0n) is 10.6. The summed E-state index contributed by atoms with van der Waals surface area (Å²) >= 11 is 0. The second-order valence-electron chi connectivity index (χ2n) is 5.41. The van der Waals surface area contributed by atoms with Gasteiger partial charge in [0.25, 0.3) is 17.7 Å². The number of imide groups is 2. The molecule has 3 aliphatic rings. The predicted molar refractivity (Wildman–Crippen MR) is 63.5 cm³/mol. The van der Waals surface area contributed by atoms with Crippen LogP contribution in [0, 0.1) is 0 Å². The quantitative estimate of drug-likeness (QED) is 0.676. The number of nitrogens with zero attached hydrogens (tertiary/aromatic N) is 1. The first-order valence-electron chi connectivity index (χ1n) is 6.40. The molecule has 2 heterocycles. The number of hydrogen-bond donors (Lipinski definition) is 1. The first-order valence-corrected chi connectivity index (χ1v) is 6.40. The molecule has 6 heteroatoms. The lowest BCUT2D eigenvalue weighted by molar-refractivity contribution is -0.157. The summed E-state index contributed by atoms with van der Waals surface area (Å²) in [6, 6.07) is 0. The zero-order chi connectivity index (χ0) is 13.8. The van der Waals surface area contributed by atoms with Crippen LogP contribution in [0.3, 0.4) is 0 Å². The second kappa shape index (κ2) is 3.76. The normalized spacial score (nSPS) is 31.1. The van der Waals surface area contributed by atoms with E-state index in [1.807, 2.05) is 0 Å². The number of carbonyl (C=O) groups is 4. The molecule has 0 spiro atoms. The third-order valence-corrected chi connectivity index (χ3v) is 4.21. The Morgan fingerprint density at radius 1 is 1.00 bits per heavy atom. The predicted octanol–water partition coefficient (Wildman–Crippen LogP) is 0.0310. The number of carbonyl (C=O) groups excluding carboxylic acids is 4. The van der Waals surface area contributed by atoms with Crippen molar-refractivity contribution in [3.8, 4) is 0 Å². The van der Waals surface area contributed by atoms with Gasteiger partial charge >= 0.3 is 0 Å². The van der Waals surface area contributed by atoms with Crippen LogP contribution in [0.4, 0.5) is 0 Å². The van der Waals surface area contributed by atoms with Crippen LogP contribution in [0.1, 0.15) is 39.0 Å². The lowest BCUT2D eigenvalue weighted by Gasteiger charge is -2.38. The summed E-state index contributed by atoms with van der Waals surface area (Å²) in [5, 5.41) is 2.21. The Morgan fingerprint density at radius 2 is 1.58 bits per heavy atom. The molecule has 0 saturated carbocycles. The van der Waals surface area contributed by atoms with Crippen LogP contribution in [-0.2, 0) is 19.2 Å². The maximum atomic E-state index is 12.3. The van der Waals surface area contributed by atoms with E-state index in [9.17, 15) is 19.2 Å². The van der Waals surface area contributed by atoms with E-state index in [0.717, 1.165) is 11.3 Å². The Kier molecular flexibility index (Phi) is 2.39. The molecule has 1 atom stereocenters. The standard InChI is InChI=1S/C13H14N2O4/c1-13(6-5-9(16)14-12(13)19)15-10(17)7-3-2-4-8(7)11(15)18/h2-6H2,1H3,(H,14,16,19). The lowest BCUT2D eigenvalue weighted by atomic mass is 9.88. The van der Waals surface area contributed by atoms with Crippen molar-refractivity contribution in [3.05, 3.63) is 11.1 Å². The fourth-order valence-electron chi connectivity index (χ4n) is 3.03. The second-order valence-corrected chi connectivity index (χ2v) is 5.41. The lowest BCUT2D eigenvalue weighted by Crippen LogP contribution is -2.63. The van der Waals surface area contributed by atoms with Crippen molar-refractivity contribution in [2.45, 2.75) is 44.6 Å². The fourth-order valence-corrected chi connectivity index (χ4v) is 3.03. The molecule has 6 nitrogen and oxygen atoms in total. The maximum absolute atomic E-state index is 12.3. The van der Waals surface area contributed by atoms with Crippen molar-refractivity contribution in [2.24, 2.45) is 0 Å². The monoisotopic (exact) mass is 262 g/mol. The molecule has 100 valence electrons. The molecule has 0 aromatic heterocycles. The van der Waals surface area contributed by atoms with E-state index in [4.69, 9.17) is 0 Å². The van der Waals surface area contributed by atoms with Crippen LogP contribution >= 0.6 is 0 Å². The van der Waals surface area contributed by atoms with Crippen molar-refractivity contribution in [1.29, 1.82) is 0 Å². The van der Waals surface area contributed by atoms with Crippen LogP contribution in [0.25, 0.3) is 0 Å². The van der Waals surface area contributed by atoms with E-state index in [2.05, 4.69) is 5.32 Å². The Balaban J connectivity index is 1.96.